The molecule has 0 spiro atoms. The SMILES string of the molecule is Cc1ccc2occ(/C=C(\C(=O)[O-])c3cccc4ccccc34)c(=O)c2c1. The molecule has 0 saturated carbocycles. The first kappa shape index (κ1) is 16.8. The molecule has 27 heavy (non-hydrogen) atoms. The van der Waals surface area contributed by atoms with Gasteiger partial charge in [-0.1, -0.05) is 54.1 Å². The lowest BCUT2D eigenvalue weighted by molar-refractivity contribution is -0.295. The molecule has 3 aromatic carbocycles. The third-order valence-electron chi connectivity index (χ3n) is 4.55. The normalized spacial score (nSPS) is 11.8. The maximum absolute atomic E-state index is 12.8. The number of carboxylic acid groups (broad SMARTS) is 1. The van der Waals surface area contributed by atoms with Gasteiger partial charge in [0.15, 0.2) is 5.43 Å². The highest BCUT2D eigenvalue weighted by Gasteiger charge is 2.11. The van der Waals surface area contributed by atoms with Crippen molar-refractivity contribution in [2.45, 2.75) is 6.92 Å². The monoisotopic (exact) mass is 355 g/mol. The number of carbonyl (C=O) groups is 1. The molecule has 0 radical (unpaired) electrons. The molecule has 0 amide bonds. The van der Waals surface area contributed by atoms with E-state index in [0.29, 0.717) is 16.5 Å². The number of benzene rings is 3. The fraction of sp³-hybridized carbons (Fsp3) is 0.0435. The predicted molar refractivity (Wildman–Crippen MR) is 104 cm³/mol. The molecule has 0 N–H and O–H groups in total. The van der Waals surface area contributed by atoms with Gasteiger partial charge in [0.1, 0.15) is 11.8 Å². The minimum atomic E-state index is -1.35. The van der Waals surface area contributed by atoms with Crippen LogP contribution in [0.1, 0.15) is 16.7 Å². The highest BCUT2D eigenvalue weighted by atomic mass is 16.4. The number of hydrogen-bond acceptors (Lipinski definition) is 4. The lowest BCUT2D eigenvalue weighted by Gasteiger charge is -2.12. The van der Waals surface area contributed by atoms with Gasteiger partial charge >= 0.3 is 0 Å². The fourth-order valence-electron chi connectivity index (χ4n) is 3.22. The van der Waals surface area contributed by atoms with Crippen LogP contribution in [-0.4, -0.2) is 5.97 Å². The Balaban J connectivity index is 1.97. The van der Waals surface area contributed by atoms with Crippen molar-refractivity contribution in [1.29, 1.82) is 0 Å². The van der Waals surface area contributed by atoms with E-state index in [9.17, 15) is 14.7 Å². The Morgan fingerprint density at radius 1 is 1.00 bits per heavy atom. The molecule has 0 atom stereocenters. The Morgan fingerprint density at radius 2 is 1.78 bits per heavy atom. The molecule has 4 aromatic rings. The molecule has 4 heteroatoms. The lowest BCUT2D eigenvalue weighted by atomic mass is 9.96. The van der Waals surface area contributed by atoms with Crippen LogP contribution < -0.4 is 10.5 Å². The third kappa shape index (κ3) is 3.02. The van der Waals surface area contributed by atoms with Gasteiger partial charge in [0, 0.05) is 5.57 Å². The largest absolute Gasteiger partial charge is 0.545 e. The topological polar surface area (TPSA) is 70.3 Å². The first-order valence-electron chi connectivity index (χ1n) is 8.48. The summed E-state index contributed by atoms with van der Waals surface area (Å²) in [4.78, 5) is 24.7. The van der Waals surface area contributed by atoms with Crippen LogP contribution in [0.15, 0.2) is 76.1 Å². The van der Waals surface area contributed by atoms with E-state index in [1.807, 2.05) is 43.3 Å². The number of carbonyl (C=O) groups excluding carboxylic acids is 1. The second kappa shape index (κ2) is 6.57. The maximum Gasteiger partial charge on any atom is 0.199 e. The van der Waals surface area contributed by atoms with Crippen molar-refractivity contribution in [2.75, 3.05) is 0 Å². The van der Waals surface area contributed by atoms with Crippen molar-refractivity contribution >= 4 is 39.4 Å². The van der Waals surface area contributed by atoms with Gasteiger partial charge < -0.3 is 14.3 Å². The molecule has 0 fully saturated rings. The minimum Gasteiger partial charge on any atom is -0.545 e. The summed E-state index contributed by atoms with van der Waals surface area (Å²) in [5.41, 5.74) is 1.70. The summed E-state index contributed by atoms with van der Waals surface area (Å²) < 4.78 is 5.52. The van der Waals surface area contributed by atoms with Crippen LogP contribution in [0, 0.1) is 6.92 Å². The number of fused-ring (bicyclic) bond motifs is 2. The zero-order valence-electron chi connectivity index (χ0n) is 14.6. The Kier molecular flexibility index (Phi) is 4.09. The molecule has 4 nitrogen and oxygen atoms in total. The van der Waals surface area contributed by atoms with Crippen LogP contribution in [0.4, 0.5) is 0 Å². The number of rotatable bonds is 3. The Morgan fingerprint density at radius 3 is 2.59 bits per heavy atom. The lowest BCUT2D eigenvalue weighted by Crippen LogP contribution is -2.24. The van der Waals surface area contributed by atoms with E-state index >= 15 is 0 Å². The maximum atomic E-state index is 12.8. The van der Waals surface area contributed by atoms with Gasteiger partial charge in [-0.2, -0.15) is 0 Å². The Labute approximate surface area is 155 Å². The average molecular weight is 355 g/mol. The Bertz CT molecular complexity index is 1270. The third-order valence-corrected chi connectivity index (χ3v) is 4.55. The second-order valence-corrected chi connectivity index (χ2v) is 6.39. The van der Waals surface area contributed by atoms with Gasteiger partial charge in [-0.15, -0.1) is 0 Å². The molecule has 1 aromatic heterocycles. The van der Waals surface area contributed by atoms with E-state index in [2.05, 4.69) is 0 Å². The molecular formula is C23H15O4-. The number of aliphatic carboxylic acids is 1. The van der Waals surface area contributed by atoms with Gasteiger partial charge in [0.05, 0.1) is 16.9 Å². The smallest absolute Gasteiger partial charge is 0.199 e. The molecule has 0 unspecified atom stereocenters. The van der Waals surface area contributed by atoms with E-state index in [4.69, 9.17) is 4.42 Å². The zero-order valence-corrected chi connectivity index (χ0v) is 14.6. The minimum absolute atomic E-state index is 0.0638. The number of hydrogen-bond donors (Lipinski definition) is 0. The van der Waals surface area contributed by atoms with E-state index < -0.39 is 5.97 Å². The summed E-state index contributed by atoms with van der Waals surface area (Å²) in [6, 6.07) is 18.2. The van der Waals surface area contributed by atoms with Crippen LogP contribution in [0.3, 0.4) is 0 Å². The van der Waals surface area contributed by atoms with Gasteiger partial charge in [0.2, 0.25) is 0 Å². The van der Waals surface area contributed by atoms with Crippen LogP contribution in [-0.2, 0) is 4.79 Å². The van der Waals surface area contributed by atoms with E-state index in [1.165, 1.54) is 12.3 Å². The van der Waals surface area contributed by atoms with Crippen molar-refractivity contribution in [2.24, 2.45) is 0 Å². The molecule has 0 aliphatic carbocycles. The van der Waals surface area contributed by atoms with Crippen molar-refractivity contribution in [1.82, 2.24) is 0 Å². The first-order chi connectivity index (χ1) is 13.0. The molecule has 1 heterocycles. The zero-order chi connectivity index (χ0) is 19.0. The standard InChI is InChI=1S/C23H16O4/c1-14-9-10-21-20(11-14)22(24)16(13-27-21)12-19(23(25)26)18-8-4-6-15-5-2-3-7-17(15)18/h2-13H,1H3,(H,25,26)/p-1/b19-12-. The van der Waals surface area contributed by atoms with Gasteiger partial charge in [-0.3, -0.25) is 4.79 Å². The quantitative estimate of drug-likeness (QED) is 0.527. The highest BCUT2D eigenvalue weighted by molar-refractivity contribution is 6.23. The van der Waals surface area contributed by atoms with Crippen molar-refractivity contribution in [3.63, 3.8) is 0 Å². The number of carboxylic acids is 1. The predicted octanol–water partition coefficient (Wildman–Crippen LogP) is 3.55. The second-order valence-electron chi connectivity index (χ2n) is 6.39. The summed E-state index contributed by atoms with van der Waals surface area (Å²) in [7, 11) is 0. The van der Waals surface area contributed by atoms with Gasteiger partial charge in [-0.05, 0) is 41.5 Å². The van der Waals surface area contributed by atoms with Crippen molar-refractivity contribution < 1.29 is 14.3 Å². The molecule has 0 bridgehead atoms. The van der Waals surface area contributed by atoms with Crippen molar-refractivity contribution in [3.05, 3.63) is 93.8 Å². The highest BCUT2D eigenvalue weighted by Crippen LogP contribution is 2.26. The van der Waals surface area contributed by atoms with Crippen LogP contribution >= 0.6 is 0 Å². The summed E-state index contributed by atoms with van der Waals surface area (Å²) in [5.74, 6) is -1.35. The van der Waals surface area contributed by atoms with E-state index in [-0.39, 0.29) is 16.6 Å². The molecule has 4 rings (SSSR count). The average Bonchev–Trinajstić information content (AvgIpc) is 2.67. The van der Waals surface area contributed by atoms with Crippen LogP contribution in [0.5, 0.6) is 0 Å². The molecule has 132 valence electrons. The first-order valence-corrected chi connectivity index (χ1v) is 8.48. The summed E-state index contributed by atoms with van der Waals surface area (Å²) in [5, 5.41) is 14.0. The fourth-order valence-corrected chi connectivity index (χ4v) is 3.22. The van der Waals surface area contributed by atoms with Crippen LogP contribution in [0.25, 0.3) is 33.4 Å². The molecule has 0 aliphatic heterocycles. The van der Waals surface area contributed by atoms with E-state index in [1.54, 1.807) is 24.3 Å². The molecule has 0 aliphatic rings. The molecular weight excluding hydrogens is 340 g/mol. The number of aryl methyl sites for hydroxylation is 1. The summed E-state index contributed by atoms with van der Waals surface area (Å²) >= 11 is 0. The van der Waals surface area contributed by atoms with Crippen LogP contribution in [0.2, 0.25) is 0 Å². The summed E-state index contributed by atoms with van der Waals surface area (Å²) in [6.45, 7) is 1.88. The summed E-state index contributed by atoms with van der Waals surface area (Å²) in [6.07, 6.45) is 2.61. The van der Waals surface area contributed by atoms with Gasteiger partial charge in [-0.25, -0.2) is 0 Å². The molecule has 0 saturated heterocycles. The Hall–Kier alpha value is -3.66. The van der Waals surface area contributed by atoms with Crippen molar-refractivity contribution in [3.8, 4) is 0 Å². The van der Waals surface area contributed by atoms with E-state index in [0.717, 1.165) is 16.3 Å². The van der Waals surface area contributed by atoms with Gasteiger partial charge in [0.25, 0.3) is 0 Å².